The van der Waals surface area contributed by atoms with Gasteiger partial charge >= 0.3 is 0 Å². The van der Waals surface area contributed by atoms with Gasteiger partial charge in [-0.05, 0) is 29.3 Å². The van der Waals surface area contributed by atoms with Crippen LogP contribution in [0, 0.1) is 0 Å². The lowest BCUT2D eigenvalue weighted by Gasteiger charge is -2.23. The predicted molar refractivity (Wildman–Crippen MR) is 138 cm³/mol. The number of primary sulfonamides is 1. The molecule has 1 aliphatic rings. The Morgan fingerprint density at radius 1 is 1.21 bits per heavy atom. The summed E-state index contributed by atoms with van der Waals surface area (Å²) in [5, 5.41) is 27.7. The second-order valence-corrected chi connectivity index (χ2v) is 12.7. The van der Waals surface area contributed by atoms with E-state index in [0.29, 0.717) is 29.2 Å². The highest BCUT2D eigenvalue weighted by atomic mass is 32.2. The Morgan fingerprint density at radius 2 is 1.95 bits per heavy atom. The number of nitrogens with one attached hydrogen (secondary N) is 2. The van der Waals surface area contributed by atoms with E-state index in [2.05, 4.69) is 30.3 Å². The Kier molecular flexibility index (Phi) is 7.93. The van der Waals surface area contributed by atoms with Gasteiger partial charge in [0.1, 0.15) is 9.79 Å². The lowest BCUT2D eigenvalue weighted by atomic mass is 9.98. The molecular formula is C20H22N9O7S3-. The summed E-state index contributed by atoms with van der Waals surface area (Å²) in [6.07, 6.45) is 0.436. The predicted octanol–water partition coefficient (Wildman–Crippen LogP) is -1.86. The molecule has 2 aromatic heterocycles. The molecule has 0 amide bonds. The largest absolute Gasteiger partial charge is 0.554 e. The van der Waals surface area contributed by atoms with Crippen molar-refractivity contribution in [1.82, 2.24) is 30.3 Å². The normalized spacial score (nSPS) is 17.6. The van der Waals surface area contributed by atoms with Gasteiger partial charge in [-0.25, -0.2) is 31.7 Å². The van der Waals surface area contributed by atoms with Gasteiger partial charge in [0.05, 0.1) is 27.9 Å². The minimum absolute atomic E-state index is 0.153. The molecule has 8 N–H and O–H groups in total. The Hall–Kier alpha value is -3.59. The van der Waals surface area contributed by atoms with Crippen molar-refractivity contribution >= 4 is 53.2 Å². The maximum absolute atomic E-state index is 13.4. The highest BCUT2D eigenvalue weighted by Gasteiger charge is 2.36. The zero-order valence-electron chi connectivity index (χ0n) is 19.9. The number of aromatic amines is 1. The minimum Gasteiger partial charge on any atom is -0.554 e. The number of benzene rings is 2. The van der Waals surface area contributed by atoms with Crippen LogP contribution in [0.5, 0.6) is 0 Å². The standard InChI is InChI=1S/C19H21N9O5S3.CH2O2/c20-18-24-15-11(2-1-3-12(15)34-18)10-4-5-13(36(31,32)23-8-19(21)6-7-33-9-19)16(35(22,29)30)14(10)17-25-27-28-26-17;2-1-3/h1-5,23H,6-9,21H2,(H2,20,24)(H2,22,29,30)(H,25,26,27,28);1H,(H,2,3)/p-1. The molecule has 3 heterocycles. The number of thiazole rings is 1. The first kappa shape index (κ1) is 28.4. The van der Waals surface area contributed by atoms with Crippen LogP contribution in [-0.2, 0) is 29.6 Å². The van der Waals surface area contributed by atoms with Crippen molar-refractivity contribution in [3.05, 3.63) is 30.3 Å². The summed E-state index contributed by atoms with van der Waals surface area (Å²) >= 11 is 1.25. The summed E-state index contributed by atoms with van der Waals surface area (Å²) in [6, 6.07) is 7.83. The van der Waals surface area contributed by atoms with Crippen molar-refractivity contribution in [2.24, 2.45) is 10.9 Å². The fraction of sp³-hybridized carbons (Fsp3) is 0.250. The molecular weight excluding hydrogens is 574 g/mol. The molecule has 16 nitrogen and oxygen atoms in total. The van der Waals surface area contributed by atoms with Crippen LogP contribution in [0.4, 0.5) is 5.13 Å². The number of H-pyrrole nitrogens is 1. The first-order valence-corrected chi connectivity index (χ1v) is 14.8. The molecule has 1 saturated heterocycles. The van der Waals surface area contributed by atoms with Crippen LogP contribution >= 0.6 is 11.3 Å². The van der Waals surface area contributed by atoms with Crippen LogP contribution in [0.15, 0.2) is 40.1 Å². The number of nitrogens with zero attached hydrogens (tertiary/aromatic N) is 4. The first-order valence-electron chi connectivity index (χ1n) is 10.9. The first-order chi connectivity index (χ1) is 18.4. The van der Waals surface area contributed by atoms with Gasteiger partial charge in [-0.15, -0.1) is 10.2 Å². The number of carbonyl (C=O) groups is 1. The number of rotatable bonds is 7. The van der Waals surface area contributed by atoms with Gasteiger partial charge in [0.2, 0.25) is 25.9 Å². The molecule has 0 aliphatic carbocycles. The second-order valence-electron chi connectivity index (χ2n) is 8.39. The van der Waals surface area contributed by atoms with E-state index in [0.717, 1.165) is 10.8 Å². The molecule has 0 saturated carbocycles. The highest BCUT2D eigenvalue weighted by Crippen LogP contribution is 2.41. The molecule has 0 bridgehead atoms. The Labute approximate surface area is 225 Å². The number of anilines is 1. The van der Waals surface area contributed by atoms with Gasteiger partial charge in [-0.2, -0.15) is 5.21 Å². The molecule has 208 valence electrons. The number of para-hydroxylation sites is 1. The van der Waals surface area contributed by atoms with Gasteiger partial charge in [-0.1, -0.05) is 29.5 Å². The second kappa shape index (κ2) is 10.9. The maximum atomic E-state index is 13.4. The average molecular weight is 597 g/mol. The monoisotopic (exact) mass is 596 g/mol. The number of nitrogen functional groups attached to an aromatic ring is 1. The summed E-state index contributed by atoms with van der Waals surface area (Å²) < 4.78 is 60.9. The van der Waals surface area contributed by atoms with Gasteiger partial charge in [0.25, 0.3) is 0 Å². The number of nitrogens with two attached hydrogens (primary N) is 3. The molecule has 39 heavy (non-hydrogen) atoms. The number of fused-ring (bicyclic) bond motifs is 1. The number of carbonyl (C=O) groups excluding carboxylic acids is 1. The Morgan fingerprint density at radius 3 is 2.56 bits per heavy atom. The number of aromatic nitrogens is 5. The fourth-order valence-corrected chi connectivity index (χ4v) is 7.53. The van der Waals surface area contributed by atoms with E-state index in [1.54, 1.807) is 18.2 Å². The van der Waals surface area contributed by atoms with Gasteiger partial charge in [0, 0.05) is 25.2 Å². The van der Waals surface area contributed by atoms with Crippen LogP contribution in [-0.4, -0.2) is 74.2 Å². The topological polar surface area (TPSA) is 275 Å². The highest BCUT2D eigenvalue weighted by molar-refractivity contribution is 7.92. The van der Waals surface area contributed by atoms with Crippen molar-refractivity contribution in [1.29, 1.82) is 0 Å². The number of carboxylic acid groups (broad SMARTS) is 1. The van der Waals surface area contributed by atoms with Crippen LogP contribution < -0.4 is 26.4 Å². The van der Waals surface area contributed by atoms with E-state index in [1.807, 2.05) is 0 Å². The lowest BCUT2D eigenvalue weighted by Crippen LogP contribution is -2.50. The van der Waals surface area contributed by atoms with E-state index in [9.17, 15) is 16.8 Å². The molecule has 1 aliphatic heterocycles. The number of hydrogen-bond acceptors (Lipinski definition) is 14. The molecule has 2 aromatic carbocycles. The SMILES string of the molecule is Nc1nc2c(-c3ccc(S(=O)(=O)NCC4(N)CCOC4)c(S(N)(=O)=O)c3-c3nn[nH]n3)cccc2s1.O=C[O-]. The summed E-state index contributed by atoms with van der Waals surface area (Å²) in [4.78, 5) is 11.3. The molecule has 1 unspecified atom stereocenters. The summed E-state index contributed by atoms with van der Waals surface area (Å²) in [7, 11) is -9.06. The summed E-state index contributed by atoms with van der Waals surface area (Å²) in [6.45, 7) is -0.120. The zero-order chi connectivity index (χ0) is 28.4. The lowest BCUT2D eigenvalue weighted by molar-refractivity contribution is -0.283. The smallest absolute Gasteiger partial charge is 0.242 e. The number of hydrogen-bond donors (Lipinski definition) is 5. The molecule has 0 radical (unpaired) electrons. The quantitative estimate of drug-likeness (QED) is 0.146. The molecule has 5 rings (SSSR count). The third-order valence-electron chi connectivity index (χ3n) is 5.74. The zero-order valence-corrected chi connectivity index (χ0v) is 22.3. The molecule has 4 aromatic rings. The fourth-order valence-electron chi connectivity index (χ4n) is 4.03. The maximum Gasteiger partial charge on any atom is 0.242 e. The molecule has 1 fully saturated rings. The Balaban J connectivity index is 0.00000112. The van der Waals surface area contributed by atoms with E-state index in [-0.39, 0.29) is 30.1 Å². The molecule has 0 spiro atoms. The number of ether oxygens (including phenoxy) is 1. The van der Waals surface area contributed by atoms with E-state index >= 15 is 0 Å². The third kappa shape index (κ3) is 5.88. The van der Waals surface area contributed by atoms with Crippen LogP contribution in [0.3, 0.4) is 0 Å². The number of sulfonamides is 2. The molecule has 19 heteroatoms. The number of tetrazole rings is 1. The Bertz CT molecular complexity index is 1720. The van der Waals surface area contributed by atoms with E-state index in [1.165, 1.54) is 17.4 Å². The summed E-state index contributed by atoms with van der Waals surface area (Å²) in [5.41, 5.74) is 12.2. The van der Waals surface area contributed by atoms with Gasteiger partial charge < -0.3 is 26.1 Å². The van der Waals surface area contributed by atoms with E-state index in [4.69, 9.17) is 31.2 Å². The van der Waals surface area contributed by atoms with Crippen LogP contribution in [0.25, 0.3) is 32.7 Å². The third-order valence-corrected chi connectivity index (χ3v) is 9.15. The van der Waals surface area contributed by atoms with Crippen LogP contribution in [0.1, 0.15) is 6.42 Å². The van der Waals surface area contributed by atoms with Crippen molar-refractivity contribution < 1.29 is 31.5 Å². The van der Waals surface area contributed by atoms with Crippen LogP contribution in [0.2, 0.25) is 0 Å². The minimum atomic E-state index is -4.64. The van der Waals surface area contributed by atoms with Crippen molar-refractivity contribution in [2.75, 3.05) is 25.5 Å². The van der Waals surface area contributed by atoms with Gasteiger partial charge in [0.15, 0.2) is 5.13 Å². The van der Waals surface area contributed by atoms with Crippen molar-refractivity contribution in [3.63, 3.8) is 0 Å². The van der Waals surface area contributed by atoms with E-state index < -0.39 is 41.8 Å². The average Bonchev–Trinajstić information content (AvgIpc) is 3.63. The van der Waals surface area contributed by atoms with Gasteiger partial charge in [-0.3, -0.25) is 0 Å². The van der Waals surface area contributed by atoms with Crippen molar-refractivity contribution in [2.45, 2.75) is 21.8 Å². The van der Waals surface area contributed by atoms with Crippen molar-refractivity contribution in [3.8, 4) is 22.5 Å². The molecule has 1 atom stereocenters. The summed E-state index contributed by atoms with van der Waals surface area (Å²) in [5.74, 6) is -0.175.